The number of fused-ring (bicyclic) bond motifs is 1. The molecule has 0 spiro atoms. The van der Waals surface area contributed by atoms with Crippen LogP contribution in [0.15, 0.2) is 47.5 Å². The molecule has 4 rings (SSSR count). The van der Waals surface area contributed by atoms with Crippen LogP contribution in [0.1, 0.15) is 24.8 Å². The molecule has 2 heterocycles. The summed E-state index contributed by atoms with van der Waals surface area (Å²) in [6, 6.07) is 14.0. The third kappa shape index (κ3) is 4.86. The first-order valence-electron chi connectivity index (χ1n) is 11.8. The molecule has 0 radical (unpaired) electrons. The second-order valence-corrected chi connectivity index (χ2v) is 11.0. The van der Waals surface area contributed by atoms with Crippen LogP contribution in [0.3, 0.4) is 0 Å². The fraction of sp³-hybridized carbons (Fsp3) is 0.462. The number of rotatable bonds is 9. The molecule has 1 aromatic heterocycles. The molecular weight excluding hydrogens is 450 g/mol. The summed E-state index contributed by atoms with van der Waals surface area (Å²) in [5, 5.41) is 1.42. The molecule has 3 aromatic rings. The van der Waals surface area contributed by atoms with Gasteiger partial charge in [0.15, 0.2) is 11.8 Å². The summed E-state index contributed by atoms with van der Waals surface area (Å²) in [5.41, 5.74) is 3.80. The van der Waals surface area contributed by atoms with Crippen LogP contribution in [0.25, 0.3) is 22.0 Å². The van der Waals surface area contributed by atoms with Gasteiger partial charge in [-0.05, 0) is 68.8 Å². The van der Waals surface area contributed by atoms with E-state index in [4.69, 9.17) is 9.47 Å². The van der Waals surface area contributed by atoms with Crippen molar-refractivity contribution in [2.75, 3.05) is 47.6 Å². The van der Waals surface area contributed by atoms with Gasteiger partial charge in [-0.2, -0.15) is 4.31 Å². The lowest BCUT2D eigenvalue weighted by atomic mass is 9.99. The van der Waals surface area contributed by atoms with Gasteiger partial charge in [0.2, 0.25) is 0 Å². The van der Waals surface area contributed by atoms with Crippen molar-refractivity contribution in [2.45, 2.75) is 37.8 Å². The molecule has 0 bridgehead atoms. The van der Waals surface area contributed by atoms with Gasteiger partial charge in [-0.1, -0.05) is 30.7 Å². The van der Waals surface area contributed by atoms with Crippen molar-refractivity contribution >= 4 is 20.9 Å². The summed E-state index contributed by atoms with van der Waals surface area (Å²) in [5.74, 6) is 0.728. The van der Waals surface area contributed by atoms with E-state index in [0.29, 0.717) is 24.7 Å². The Hall–Kier alpha value is -2.39. The van der Waals surface area contributed by atoms with E-state index in [0.717, 1.165) is 59.2 Å². The number of aromatic nitrogens is 1. The molecule has 0 N–H and O–H groups in total. The maximum Gasteiger partial charge on any atom is 0.259 e. The Bertz CT molecular complexity index is 1230. The average molecular weight is 486 g/mol. The van der Waals surface area contributed by atoms with Crippen LogP contribution < -0.4 is 4.74 Å². The Kier molecular flexibility index (Phi) is 7.62. The van der Waals surface area contributed by atoms with Crippen molar-refractivity contribution in [1.82, 2.24) is 13.8 Å². The Balaban J connectivity index is 1.87. The van der Waals surface area contributed by atoms with Crippen LogP contribution in [0, 0.1) is 6.92 Å². The molecule has 8 heteroatoms. The summed E-state index contributed by atoms with van der Waals surface area (Å²) in [7, 11) is 2.01. The summed E-state index contributed by atoms with van der Waals surface area (Å²) >= 11 is 0. The van der Waals surface area contributed by atoms with Crippen molar-refractivity contribution in [3.8, 4) is 16.9 Å². The number of benzene rings is 2. The fourth-order valence-electron chi connectivity index (χ4n) is 4.76. The number of likely N-dealkylation sites (N-methyl/N-ethyl adjacent to an activating group) is 1. The molecule has 0 atom stereocenters. The average Bonchev–Trinajstić information content (AvgIpc) is 3.14. The van der Waals surface area contributed by atoms with Crippen molar-refractivity contribution in [3.05, 3.63) is 48.0 Å². The Morgan fingerprint density at radius 3 is 2.35 bits per heavy atom. The number of ether oxygens (including phenoxy) is 2. The standard InChI is InChI=1S/C26H35N3O4S/c1-20-25-23(21-11-13-22(14-12-21)33-19-32-4)9-8-10-24(25)29(18-17-27(2)3)26(20)34(30,31)28-15-6-5-7-16-28/h8-14H,5-7,15-19H2,1-4H3. The van der Waals surface area contributed by atoms with Gasteiger partial charge in [0.1, 0.15) is 5.75 Å². The van der Waals surface area contributed by atoms with Gasteiger partial charge in [-0.25, -0.2) is 8.42 Å². The summed E-state index contributed by atoms with van der Waals surface area (Å²) in [6.45, 7) is 4.68. The van der Waals surface area contributed by atoms with E-state index in [1.165, 1.54) is 0 Å². The van der Waals surface area contributed by atoms with Crippen LogP contribution in [0.5, 0.6) is 5.75 Å². The van der Waals surface area contributed by atoms with Crippen molar-refractivity contribution in [2.24, 2.45) is 0 Å². The van der Waals surface area contributed by atoms with Gasteiger partial charge in [0.05, 0.1) is 5.52 Å². The number of hydrogen-bond acceptors (Lipinski definition) is 5. The van der Waals surface area contributed by atoms with Crippen LogP contribution in [-0.4, -0.2) is 69.8 Å². The molecule has 1 saturated heterocycles. The second-order valence-electron chi connectivity index (χ2n) is 9.12. The van der Waals surface area contributed by atoms with Gasteiger partial charge < -0.3 is 18.9 Å². The van der Waals surface area contributed by atoms with Crippen LogP contribution in [0.4, 0.5) is 0 Å². The third-order valence-electron chi connectivity index (χ3n) is 6.45. The van der Waals surface area contributed by atoms with E-state index in [-0.39, 0.29) is 6.79 Å². The molecule has 34 heavy (non-hydrogen) atoms. The molecular formula is C26H35N3O4S. The zero-order chi connectivity index (χ0) is 24.3. The molecule has 184 valence electrons. The minimum atomic E-state index is -3.61. The van der Waals surface area contributed by atoms with Crippen LogP contribution >= 0.6 is 0 Å². The molecule has 2 aromatic carbocycles. The van der Waals surface area contributed by atoms with Crippen molar-refractivity contribution < 1.29 is 17.9 Å². The topological polar surface area (TPSA) is 64.0 Å². The minimum absolute atomic E-state index is 0.195. The quantitative estimate of drug-likeness (QED) is 0.422. The Labute approximate surface area is 202 Å². The summed E-state index contributed by atoms with van der Waals surface area (Å²) in [4.78, 5) is 2.08. The lowest BCUT2D eigenvalue weighted by molar-refractivity contribution is 0.0511. The molecule has 7 nitrogen and oxygen atoms in total. The maximum absolute atomic E-state index is 13.9. The Morgan fingerprint density at radius 1 is 1.00 bits per heavy atom. The van der Waals surface area contributed by atoms with Gasteiger partial charge >= 0.3 is 0 Å². The smallest absolute Gasteiger partial charge is 0.259 e. The first-order chi connectivity index (χ1) is 16.3. The SMILES string of the molecule is COCOc1ccc(-c2cccc3c2c(C)c(S(=O)(=O)N2CCCCC2)n3CCN(C)C)cc1. The van der Waals surface area contributed by atoms with Crippen molar-refractivity contribution in [1.29, 1.82) is 0 Å². The van der Waals surface area contributed by atoms with Gasteiger partial charge in [-0.3, -0.25) is 0 Å². The van der Waals surface area contributed by atoms with Gasteiger partial charge in [-0.15, -0.1) is 0 Å². The normalized spacial score (nSPS) is 15.3. The molecule has 1 aliphatic heterocycles. The highest BCUT2D eigenvalue weighted by Gasteiger charge is 2.33. The monoisotopic (exact) mass is 485 g/mol. The fourth-order valence-corrected chi connectivity index (χ4v) is 6.70. The zero-order valence-electron chi connectivity index (χ0n) is 20.6. The first kappa shape index (κ1) is 24.7. The molecule has 0 saturated carbocycles. The number of methoxy groups -OCH3 is 1. The van der Waals surface area contributed by atoms with Gasteiger partial charge in [0, 0.05) is 38.7 Å². The summed E-state index contributed by atoms with van der Waals surface area (Å²) in [6.07, 6.45) is 2.92. The number of nitrogens with zero attached hydrogens (tertiary/aromatic N) is 3. The van der Waals surface area contributed by atoms with E-state index in [2.05, 4.69) is 11.0 Å². The van der Waals surface area contributed by atoms with Crippen molar-refractivity contribution in [3.63, 3.8) is 0 Å². The third-order valence-corrected chi connectivity index (χ3v) is 8.51. The molecule has 0 unspecified atom stereocenters. The largest absolute Gasteiger partial charge is 0.468 e. The Morgan fingerprint density at radius 2 is 1.71 bits per heavy atom. The number of piperidine rings is 1. The molecule has 1 fully saturated rings. The predicted octanol–water partition coefficient (Wildman–Crippen LogP) is 4.34. The lowest BCUT2D eigenvalue weighted by Crippen LogP contribution is -2.37. The van der Waals surface area contributed by atoms with Crippen LogP contribution in [0.2, 0.25) is 0 Å². The highest BCUT2D eigenvalue weighted by atomic mass is 32.2. The highest BCUT2D eigenvalue weighted by molar-refractivity contribution is 7.89. The van der Waals surface area contributed by atoms with Gasteiger partial charge in [0.25, 0.3) is 10.0 Å². The second kappa shape index (κ2) is 10.5. The molecule has 0 aliphatic carbocycles. The van der Waals surface area contributed by atoms with Crippen LogP contribution in [-0.2, 0) is 21.3 Å². The molecule has 0 amide bonds. The number of hydrogen-bond donors (Lipinski definition) is 0. The maximum atomic E-state index is 13.9. The highest BCUT2D eigenvalue weighted by Crippen LogP contribution is 2.38. The first-order valence-corrected chi connectivity index (χ1v) is 13.3. The van der Waals surface area contributed by atoms with E-state index in [1.807, 2.05) is 62.0 Å². The van der Waals surface area contributed by atoms with E-state index >= 15 is 0 Å². The number of aryl methyl sites for hydroxylation is 1. The lowest BCUT2D eigenvalue weighted by Gasteiger charge is -2.27. The van der Waals surface area contributed by atoms with E-state index < -0.39 is 10.0 Å². The van der Waals surface area contributed by atoms with E-state index in [1.54, 1.807) is 11.4 Å². The minimum Gasteiger partial charge on any atom is -0.468 e. The number of sulfonamides is 1. The van der Waals surface area contributed by atoms with E-state index in [9.17, 15) is 8.42 Å². The summed E-state index contributed by atoms with van der Waals surface area (Å²) < 4.78 is 42.0. The molecule has 1 aliphatic rings. The zero-order valence-corrected chi connectivity index (χ0v) is 21.4. The predicted molar refractivity (Wildman–Crippen MR) is 136 cm³/mol.